The maximum absolute atomic E-state index is 12.4. The third-order valence-corrected chi connectivity index (χ3v) is 7.25. The number of unbranched alkanes of at least 4 members (excludes halogenated alkanes) is 9. The molecule has 44 heavy (non-hydrogen) atoms. The van der Waals surface area contributed by atoms with Gasteiger partial charge >= 0.3 is 11.9 Å². The first-order chi connectivity index (χ1) is 21.3. The first-order valence-electron chi connectivity index (χ1n) is 16.3. The van der Waals surface area contributed by atoms with Gasteiger partial charge in [0.05, 0.1) is 13.0 Å². The zero-order chi connectivity index (χ0) is 32.4. The summed E-state index contributed by atoms with van der Waals surface area (Å²) < 4.78 is 5.34. The molecule has 0 aliphatic heterocycles. The molecule has 1 aromatic rings. The molecule has 0 aliphatic carbocycles. The van der Waals surface area contributed by atoms with E-state index in [0.717, 1.165) is 48.9 Å². The van der Waals surface area contributed by atoms with Crippen molar-refractivity contribution in [1.29, 1.82) is 5.26 Å². The van der Waals surface area contributed by atoms with Crippen molar-refractivity contribution in [2.24, 2.45) is 0 Å². The lowest BCUT2D eigenvalue weighted by Crippen LogP contribution is -2.20. The molecule has 0 aliphatic rings. The van der Waals surface area contributed by atoms with Gasteiger partial charge < -0.3 is 14.7 Å². The summed E-state index contributed by atoms with van der Waals surface area (Å²) >= 11 is 0. The summed E-state index contributed by atoms with van der Waals surface area (Å²) in [7, 11) is 1.89. The maximum atomic E-state index is 12.4. The third kappa shape index (κ3) is 18.6. The number of ether oxygens (including phenoxy) is 1. The Balaban J connectivity index is 2.56. The normalized spacial score (nSPS) is 12.6. The van der Waals surface area contributed by atoms with E-state index >= 15 is 0 Å². The van der Waals surface area contributed by atoms with Gasteiger partial charge in [0.1, 0.15) is 11.6 Å². The van der Waals surface area contributed by atoms with Gasteiger partial charge in [-0.25, -0.2) is 4.79 Å². The second-order valence-electron chi connectivity index (χ2n) is 11.3. The first kappa shape index (κ1) is 38.2. The fourth-order valence-corrected chi connectivity index (χ4v) is 4.58. The van der Waals surface area contributed by atoms with E-state index < -0.39 is 11.9 Å². The molecule has 1 N–H and O–H groups in total. The van der Waals surface area contributed by atoms with Crippen LogP contribution in [-0.4, -0.2) is 37.2 Å². The first-order valence-corrected chi connectivity index (χ1v) is 16.3. The minimum absolute atomic E-state index is 0.0171. The highest BCUT2D eigenvalue weighted by molar-refractivity contribution is 5.93. The van der Waals surface area contributed by atoms with Crippen molar-refractivity contribution in [3.63, 3.8) is 0 Å². The average molecular weight is 603 g/mol. The molecule has 6 heteroatoms. The Hall–Kier alpha value is -3.85. The molecular formula is C38H54N2O4. The van der Waals surface area contributed by atoms with Gasteiger partial charge in [0.25, 0.3) is 0 Å². The Bertz CT molecular complexity index is 1170. The average Bonchev–Trinajstić information content (AvgIpc) is 3.02. The topological polar surface area (TPSA) is 90.6 Å². The largest absolute Gasteiger partial charge is 0.481 e. The van der Waals surface area contributed by atoms with Gasteiger partial charge in [-0.05, 0) is 54.7 Å². The van der Waals surface area contributed by atoms with E-state index in [9.17, 15) is 14.9 Å². The molecule has 0 heterocycles. The van der Waals surface area contributed by atoms with Gasteiger partial charge in [0, 0.05) is 19.3 Å². The standard InChI is InChI=1S/C38H54N2O4/c1-5-7-8-9-10-11-12-13-14-17-29-44-38(43)35(31-39)30-32(3)19-15-16-20-33(18-6-2)21-22-34-23-25-36(26-24-34)40(4)28-27-37(41)42/h15-16,19-26,30H,5-14,17-18,27-29H2,1-4H3,(H,41,42). The van der Waals surface area contributed by atoms with E-state index in [1.807, 2.05) is 67.4 Å². The lowest BCUT2D eigenvalue weighted by Gasteiger charge is -2.18. The molecule has 0 radical (unpaired) electrons. The Kier molecular flexibility index (Phi) is 21.3. The number of nitriles is 1. The summed E-state index contributed by atoms with van der Waals surface area (Å²) in [5.41, 5.74) is 4.04. The summed E-state index contributed by atoms with van der Waals surface area (Å²) in [6.07, 6.45) is 27.8. The number of hydrogen-bond acceptors (Lipinski definition) is 5. The minimum atomic E-state index is -0.801. The van der Waals surface area contributed by atoms with Gasteiger partial charge in [-0.1, -0.05) is 127 Å². The number of carboxylic acid groups (broad SMARTS) is 1. The van der Waals surface area contributed by atoms with Gasteiger partial charge in [-0.15, -0.1) is 0 Å². The van der Waals surface area contributed by atoms with E-state index in [4.69, 9.17) is 9.84 Å². The summed E-state index contributed by atoms with van der Waals surface area (Å²) in [4.78, 5) is 25.1. The number of anilines is 1. The quantitative estimate of drug-likeness (QED) is 0.0441. The van der Waals surface area contributed by atoms with E-state index in [1.165, 1.54) is 50.5 Å². The van der Waals surface area contributed by atoms with Crippen LogP contribution in [-0.2, 0) is 14.3 Å². The van der Waals surface area contributed by atoms with E-state index in [0.29, 0.717) is 13.2 Å². The Morgan fingerprint density at radius 2 is 1.50 bits per heavy atom. The molecule has 0 atom stereocenters. The fraction of sp³-hybridized carbons (Fsp3) is 0.500. The number of benzene rings is 1. The highest BCUT2D eigenvalue weighted by Crippen LogP contribution is 2.17. The molecule has 0 fully saturated rings. The molecule has 0 aromatic heterocycles. The molecule has 0 saturated heterocycles. The molecule has 0 spiro atoms. The van der Waals surface area contributed by atoms with Crippen LogP contribution in [0.4, 0.5) is 5.69 Å². The van der Waals surface area contributed by atoms with Gasteiger partial charge in [0.2, 0.25) is 0 Å². The number of carboxylic acids is 1. The number of hydrogen-bond donors (Lipinski definition) is 1. The molecule has 0 amide bonds. The molecule has 0 unspecified atom stereocenters. The van der Waals surface area contributed by atoms with E-state index in [1.54, 1.807) is 6.08 Å². The molecule has 0 bridgehead atoms. The van der Waals surface area contributed by atoms with Crippen LogP contribution in [0.15, 0.2) is 77.4 Å². The number of carbonyl (C=O) groups excluding carboxylic acids is 1. The number of carbonyl (C=O) groups is 2. The number of nitrogens with zero attached hydrogens (tertiary/aromatic N) is 2. The minimum Gasteiger partial charge on any atom is -0.481 e. The Morgan fingerprint density at radius 1 is 0.886 bits per heavy atom. The summed E-state index contributed by atoms with van der Waals surface area (Å²) in [6, 6.07) is 10.0. The van der Waals surface area contributed by atoms with Crippen molar-refractivity contribution in [2.75, 3.05) is 25.1 Å². The second kappa shape index (κ2) is 24.6. The molecule has 6 nitrogen and oxygen atoms in total. The van der Waals surface area contributed by atoms with Crippen LogP contribution in [0.5, 0.6) is 0 Å². The zero-order valence-corrected chi connectivity index (χ0v) is 27.5. The van der Waals surface area contributed by atoms with Crippen LogP contribution in [0, 0.1) is 11.3 Å². The van der Waals surface area contributed by atoms with Crippen molar-refractivity contribution in [2.45, 2.75) is 104 Å². The summed E-state index contributed by atoms with van der Waals surface area (Å²) in [6.45, 7) is 7.05. The van der Waals surface area contributed by atoms with Crippen molar-refractivity contribution in [1.82, 2.24) is 0 Å². The van der Waals surface area contributed by atoms with Gasteiger partial charge in [-0.3, -0.25) is 4.79 Å². The lowest BCUT2D eigenvalue weighted by atomic mass is 10.1. The molecule has 240 valence electrons. The zero-order valence-electron chi connectivity index (χ0n) is 27.5. The van der Waals surface area contributed by atoms with E-state index in [2.05, 4.69) is 32.1 Å². The van der Waals surface area contributed by atoms with Crippen molar-refractivity contribution in [3.8, 4) is 6.07 Å². The second-order valence-corrected chi connectivity index (χ2v) is 11.3. The molecule has 1 rings (SSSR count). The smallest absolute Gasteiger partial charge is 0.348 e. The van der Waals surface area contributed by atoms with Crippen LogP contribution >= 0.6 is 0 Å². The maximum Gasteiger partial charge on any atom is 0.348 e. The number of allylic oxidation sites excluding steroid dienone is 8. The molecular weight excluding hydrogens is 548 g/mol. The van der Waals surface area contributed by atoms with Crippen LogP contribution in [0.1, 0.15) is 110 Å². The third-order valence-electron chi connectivity index (χ3n) is 7.25. The predicted molar refractivity (Wildman–Crippen MR) is 183 cm³/mol. The fourth-order valence-electron chi connectivity index (χ4n) is 4.58. The number of rotatable bonds is 23. The summed E-state index contributed by atoms with van der Waals surface area (Å²) in [5, 5.41) is 18.3. The van der Waals surface area contributed by atoms with Crippen molar-refractivity contribution < 1.29 is 19.4 Å². The van der Waals surface area contributed by atoms with Crippen LogP contribution in [0.25, 0.3) is 6.08 Å². The van der Waals surface area contributed by atoms with Gasteiger partial charge in [0.15, 0.2) is 0 Å². The van der Waals surface area contributed by atoms with Crippen LogP contribution in [0.3, 0.4) is 0 Å². The lowest BCUT2D eigenvalue weighted by molar-refractivity contribution is -0.139. The Labute approximate surface area is 266 Å². The van der Waals surface area contributed by atoms with Gasteiger partial charge in [-0.2, -0.15) is 5.26 Å². The van der Waals surface area contributed by atoms with Crippen LogP contribution in [0.2, 0.25) is 0 Å². The number of esters is 1. The number of aliphatic carboxylic acids is 1. The SMILES string of the molecule is CCCCCCCCCCCCOC(=O)C(C#N)=CC(C)=CC=CC=C(C=Cc1ccc(N(C)CCC(=O)O)cc1)CCC. The van der Waals surface area contributed by atoms with E-state index in [-0.39, 0.29) is 12.0 Å². The van der Waals surface area contributed by atoms with Crippen LogP contribution < -0.4 is 4.90 Å². The van der Waals surface area contributed by atoms with Crippen molar-refractivity contribution >= 4 is 23.7 Å². The highest BCUT2D eigenvalue weighted by Gasteiger charge is 2.10. The predicted octanol–water partition coefficient (Wildman–Crippen LogP) is 9.75. The van der Waals surface area contributed by atoms with Crippen molar-refractivity contribution in [3.05, 3.63) is 83.0 Å². The molecule has 1 aromatic carbocycles. The molecule has 0 saturated carbocycles. The highest BCUT2D eigenvalue weighted by atomic mass is 16.5. The Morgan fingerprint density at radius 3 is 2.09 bits per heavy atom. The monoisotopic (exact) mass is 602 g/mol. The summed E-state index contributed by atoms with van der Waals surface area (Å²) in [5.74, 6) is -1.36.